The van der Waals surface area contributed by atoms with Crippen LogP contribution in [0.5, 0.6) is 0 Å². The molecule has 11 N–H and O–H groups in total. The largest absolute Gasteiger partial charge is 0.490 e. The molecule has 12 atom stereocenters. The van der Waals surface area contributed by atoms with Crippen molar-refractivity contribution in [2.24, 2.45) is 0 Å². The number of imidazole rings is 2. The van der Waals surface area contributed by atoms with Gasteiger partial charge in [-0.3, -0.25) is 18.2 Å². The molecule has 0 amide bonds. The van der Waals surface area contributed by atoms with Gasteiger partial charge in [-0.15, -0.1) is 0 Å². The first-order valence-corrected chi connectivity index (χ1v) is 22.8. The number of benzene rings is 1. The Morgan fingerprint density at radius 3 is 1.62 bits per heavy atom. The Morgan fingerprint density at radius 1 is 0.617 bits per heavy atom. The maximum atomic E-state index is 12.8. The minimum Gasteiger partial charge on any atom is -0.387 e. The number of phosphoric ester groups is 2. The van der Waals surface area contributed by atoms with Gasteiger partial charge < -0.3 is 60.6 Å². The monoisotopic (exact) mass is 926 g/mol. The third kappa shape index (κ3) is 9.80. The van der Waals surface area contributed by atoms with E-state index < -0.39 is 93.6 Å². The van der Waals surface area contributed by atoms with Gasteiger partial charge in [-0.05, 0) is 5.56 Å². The predicted molar refractivity (Wildman–Crippen MR) is 195 cm³/mol. The van der Waals surface area contributed by atoms with E-state index in [0.717, 1.165) is 19.0 Å². The van der Waals surface area contributed by atoms with Crippen LogP contribution in [0.1, 0.15) is 18.0 Å². The third-order valence-corrected chi connectivity index (χ3v) is 14.6. The van der Waals surface area contributed by atoms with Crippen LogP contribution in [0.15, 0.2) is 55.6 Å². The lowest BCUT2D eigenvalue weighted by Gasteiger charge is -2.23. The van der Waals surface area contributed by atoms with Crippen LogP contribution in [0, 0.1) is 0 Å². The Bertz CT molecular complexity index is 2540. The number of phosphoric acid groups is 4. The quantitative estimate of drug-likeness (QED) is 0.0544. The van der Waals surface area contributed by atoms with Crippen molar-refractivity contribution in [2.45, 2.75) is 55.7 Å². The highest BCUT2D eigenvalue weighted by molar-refractivity contribution is 7.69. The van der Waals surface area contributed by atoms with Crippen LogP contribution >= 0.6 is 31.3 Å². The van der Waals surface area contributed by atoms with Gasteiger partial charge in [0, 0.05) is 0 Å². The SMILES string of the molecule is Nc1ncnc2c1ncn2[C@@H]1O[C@H](COP(=O)(O)OP(=O)(O)OP(=O)(O)OP(=O)(O)OC[C@H]2O[C@H](n3cnc4c(N)ncnc43)[C@@H](O)[C@H]2O)[C@@H](OCc2ccccc2)[C@H]1O. The molecule has 326 valence electrons. The molecule has 5 aromatic rings. The van der Waals surface area contributed by atoms with E-state index in [2.05, 4.69) is 47.4 Å². The van der Waals surface area contributed by atoms with Gasteiger partial charge in [0.25, 0.3) is 0 Å². The number of fused-ring (bicyclic) bond motifs is 2. The van der Waals surface area contributed by atoms with Crippen LogP contribution in [-0.4, -0.2) is 124 Å². The smallest absolute Gasteiger partial charge is 0.387 e. The number of nitrogens with two attached hydrogens (primary N) is 2. The number of rotatable bonds is 17. The summed E-state index contributed by atoms with van der Waals surface area (Å²) in [4.78, 5) is 64.3. The van der Waals surface area contributed by atoms with Gasteiger partial charge in [-0.1, -0.05) is 30.3 Å². The van der Waals surface area contributed by atoms with Gasteiger partial charge in [-0.25, -0.2) is 48.2 Å². The van der Waals surface area contributed by atoms with E-state index in [-0.39, 0.29) is 40.6 Å². The average Bonchev–Trinajstić information content (AvgIpc) is 3.93. The molecule has 0 aliphatic carbocycles. The summed E-state index contributed by atoms with van der Waals surface area (Å²) in [6, 6.07) is 8.62. The van der Waals surface area contributed by atoms with Gasteiger partial charge >= 0.3 is 31.3 Å². The van der Waals surface area contributed by atoms with Crippen molar-refractivity contribution >= 4 is 65.3 Å². The van der Waals surface area contributed by atoms with Gasteiger partial charge in [0.1, 0.15) is 60.3 Å². The lowest BCUT2D eigenvalue weighted by atomic mass is 10.1. The van der Waals surface area contributed by atoms with E-state index in [1.807, 2.05) is 0 Å². The lowest BCUT2D eigenvalue weighted by molar-refractivity contribution is -0.0639. The maximum absolute atomic E-state index is 12.8. The second kappa shape index (κ2) is 17.2. The highest BCUT2D eigenvalue weighted by atomic mass is 31.3. The molecular formula is C27H34N10O19P4. The summed E-state index contributed by atoms with van der Waals surface area (Å²) in [5.74, 6) is 0.00387. The number of nitrogen functional groups attached to an aromatic ring is 2. The predicted octanol–water partition coefficient (Wildman–Crippen LogP) is -0.222. The van der Waals surface area contributed by atoms with Crippen molar-refractivity contribution in [3.8, 4) is 0 Å². The first kappa shape index (κ1) is 44.3. The Kier molecular flexibility index (Phi) is 12.7. The fraction of sp³-hybridized carbons (Fsp3) is 0.407. The zero-order chi connectivity index (χ0) is 43.2. The summed E-state index contributed by atoms with van der Waals surface area (Å²) in [6.45, 7) is -2.20. The summed E-state index contributed by atoms with van der Waals surface area (Å²) >= 11 is 0. The van der Waals surface area contributed by atoms with E-state index in [1.54, 1.807) is 30.3 Å². The maximum Gasteiger partial charge on any atom is 0.490 e. The average molecular weight is 927 g/mol. The zero-order valence-corrected chi connectivity index (χ0v) is 33.6. The number of nitrogens with zero attached hydrogens (tertiary/aromatic N) is 8. The topological polar surface area (TPSA) is 423 Å². The van der Waals surface area contributed by atoms with E-state index >= 15 is 0 Å². The van der Waals surface area contributed by atoms with Gasteiger partial charge in [0.15, 0.2) is 35.4 Å². The molecule has 1 aromatic carbocycles. The van der Waals surface area contributed by atoms with Crippen LogP contribution in [0.2, 0.25) is 0 Å². The van der Waals surface area contributed by atoms with Crippen molar-refractivity contribution in [1.82, 2.24) is 39.0 Å². The van der Waals surface area contributed by atoms with Gasteiger partial charge in [0.05, 0.1) is 32.5 Å². The molecule has 4 unspecified atom stereocenters. The molecule has 2 aliphatic rings. The first-order chi connectivity index (χ1) is 28.2. The number of ether oxygens (including phenoxy) is 3. The van der Waals surface area contributed by atoms with Gasteiger partial charge in [0.2, 0.25) is 0 Å². The molecule has 0 spiro atoms. The number of hydrogen-bond acceptors (Lipinski definition) is 23. The molecule has 7 rings (SSSR count). The molecule has 33 heteroatoms. The van der Waals surface area contributed by atoms with Crippen molar-refractivity contribution in [1.29, 1.82) is 0 Å². The van der Waals surface area contributed by atoms with Crippen LogP contribution in [-0.2, 0) is 61.1 Å². The molecule has 2 saturated heterocycles. The van der Waals surface area contributed by atoms with E-state index in [9.17, 15) is 53.2 Å². The fourth-order valence-corrected chi connectivity index (χ4v) is 11.0. The Balaban J connectivity index is 0.957. The standard InChI is InChI=1S/C27H34N10O19P4/c28-22-16-24(32-9-30-22)36(11-34-16)26-19(39)18(38)14(52-26)7-50-57(41,42)54-59(45,46)56-60(47,48)55-58(43,44)51-8-15-21(49-6-13-4-2-1-3-5-13)20(40)27(53-15)37-12-35-17-23(29)31-10-33-25(17)37/h1-5,9-12,14-15,18-21,26-27,38-40H,6-8H2,(H,41,42)(H,43,44)(H,45,46)(H,47,48)(H2,28,30,32)(H2,29,31,33)/t14-,15-,18+,19+,20-,21-,26+,27-/m1/s1. The van der Waals surface area contributed by atoms with E-state index in [0.29, 0.717) is 5.56 Å². The van der Waals surface area contributed by atoms with Crippen LogP contribution in [0.4, 0.5) is 11.6 Å². The highest BCUT2D eigenvalue weighted by Gasteiger charge is 2.50. The Morgan fingerprint density at radius 2 is 1.08 bits per heavy atom. The highest BCUT2D eigenvalue weighted by Crippen LogP contribution is 2.71. The summed E-state index contributed by atoms with van der Waals surface area (Å²) in [5.41, 5.74) is 12.8. The molecular weight excluding hydrogens is 892 g/mol. The summed E-state index contributed by atoms with van der Waals surface area (Å²) in [5, 5.41) is 32.3. The van der Waals surface area contributed by atoms with Crippen LogP contribution in [0.3, 0.4) is 0 Å². The first-order valence-electron chi connectivity index (χ1n) is 16.8. The van der Waals surface area contributed by atoms with Crippen molar-refractivity contribution in [2.75, 3.05) is 24.7 Å². The molecule has 60 heavy (non-hydrogen) atoms. The Hall–Kier alpha value is -3.76. The number of anilines is 2. The third-order valence-electron chi connectivity index (χ3n) is 8.68. The minimum atomic E-state index is -6.21. The normalized spacial score (nSPS) is 28.6. The molecule has 29 nitrogen and oxygen atoms in total. The summed E-state index contributed by atoms with van der Waals surface area (Å²) in [6.07, 6.45) is -7.50. The van der Waals surface area contributed by atoms with Gasteiger partial charge in [-0.2, -0.15) is 12.9 Å². The van der Waals surface area contributed by atoms with Crippen molar-refractivity contribution in [3.05, 3.63) is 61.2 Å². The summed E-state index contributed by atoms with van der Waals surface area (Å²) in [7, 11) is -24.0. The second-order valence-electron chi connectivity index (χ2n) is 12.7. The number of aliphatic hydroxyl groups is 3. The number of aliphatic hydroxyl groups excluding tert-OH is 3. The molecule has 6 heterocycles. The number of hydrogen-bond donors (Lipinski definition) is 9. The molecule has 4 aromatic heterocycles. The lowest BCUT2D eigenvalue weighted by Crippen LogP contribution is -2.36. The summed E-state index contributed by atoms with van der Waals surface area (Å²) < 4.78 is 91.7. The molecule has 0 radical (unpaired) electrons. The molecule has 0 saturated carbocycles. The number of aromatic nitrogens is 8. The van der Waals surface area contributed by atoms with Crippen molar-refractivity contribution in [3.63, 3.8) is 0 Å². The van der Waals surface area contributed by atoms with Crippen LogP contribution < -0.4 is 11.5 Å². The molecule has 0 bridgehead atoms. The van der Waals surface area contributed by atoms with E-state index in [4.69, 9.17) is 30.2 Å². The van der Waals surface area contributed by atoms with Crippen molar-refractivity contribution < 1.29 is 89.3 Å². The zero-order valence-electron chi connectivity index (χ0n) is 30.0. The second-order valence-corrected chi connectivity index (χ2v) is 19.0. The fourth-order valence-electron chi connectivity index (χ4n) is 6.07. The molecule has 2 aliphatic heterocycles. The Labute approximate surface area is 334 Å². The molecule has 2 fully saturated rings. The van der Waals surface area contributed by atoms with Crippen LogP contribution in [0.25, 0.3) is 22.3 Å². The minimum absolute atomic E-state index is 0.0109. The van der Waals surface area contributed by atoms with E-state index in [1.165, 1.54) is 15.5 Å².